The van der Waals surface area contributed by atoms with E-state index in [0.29, 0.717) is 24.0 Å². The van der Waals surface area contributed by atoms with Gasteiger partial charge in [-0.1, -0.05) is 38.1 Å². The molecule has 2 aromatic heterocycles. The maximum absolute atomic E-state index is 12.9. The van der Waals surface area contributed by atoms with Crippen LogP contribution in [-0.4, -0.2) is 31.4 Å². The number of para-hydroxylation sites is 2. The second-order valence-electron chi connectivity index (χ2n) is 9.14. The van der Waals surface area contributed by atoms with Crippen LogP contribution in [0.3, 0.4) is 0 Å². The Morgan fingerprint density at radius 2 is 1.79 bits per heavy atom. The number of nitrogens with zero attached hydrogens (tertiary/aromatic N) is 5. The number of carbonyl (C=O) groups is 1. The minimum absolute atomic E-state index is 0.264. The summed E-state index contributed by atoms with van der Waals surface area (Å²) >= 11 is 0. The predicted molar refractivity (Wildman–Crippen MR) is 108 cm³/mol. The van der Waals surface area contributed by atoms with E-state index in [4.69, 9.17) is 9.26 Å². The lowest BCUT2D eigenvalue weighted by Crippen LogP contribution is -2.39. The molecule has 0 N–H and O–H groups in total. The average Bonchev–Trinajstić information content (AvgIpc) is 3.26. The zero-order valence-corrected chi connectivity index (χ0v) is 17.6. The molecular formula is C21H25N5O3. The van der Waals surface area contributed by atoms with Crippen molar-refractivity contribution in [1.29, 1.82) is 0 Å². The van der Waals surface area contributed by atoms with E-state index in [1.54, 1.807) is 11.2 Å². The van der Waals surface area contributed by atoms with Gasteiger partial charge < -0.3 is 9.26 Å². The highest BCUT2D eigenvalue weighted by molar-refractivity contribution is 5.92. The minimum atomic E-state index is -0.595. The molecule has 8 heteroatoms. The van der Waals surface area contributed by atoms with E-state index in [1.165, 1.54) is 0 Å². The fourth-order valence-electron chi connectivity index (χ4n) is 3.15. The molecule has 0 saturated carbocycles. The largest absolute Gasteiger partial charge is 0.443 e. The normalized spacial score (nSPS) is 13.8. The number of ether oxygens (including phenoxy) is 1. The molecule has 0 atom stereocenters. The summed E-state index contributed by atoms with van der Waals surface area (Å²) in [6, 6.07) is 7.66. The first-order valence-corrected chi connectivity index (χ1v) is 9.55. The quantitative estimate of drug-likeness (QED) is 0.604. The number of imidazole rings is 1. The molecule has 0 fully saturated rings. The number of carbonyl (C=O) groups excluding carboxylic acids is 1. The van der Waals surface area contributed by atoms with E-state index in [1.807, 2.05) is 70.4 Å². The fraction of sp³-hybridized carbons (Fsp3) is 0.429. The van der Waals surface area contributed by atoms with Gasteiger partial charge in [0.2, 0.25) is 11.7 Å². The van der Waals surface area contributed by atoms with Crippen LogP contribution in [0, 0.1) is 0 Å². The van der Waals surface area contributed by atoms with E-state index >= 15 is 0 Å². The lowest BCUT2D eigenvalue weighted by molar-refractivity contribution is 0.0575. The number of amides is 1. The molecule has 0 unspecified atom stereocenters. The van der Waals surface area contributed by atoms with Gasteiger partial charge in [0.05, 0.1) is 23.6 Å². The van der Waals surface area contributed by atoms with Crippen molar-refractivity contribution in [2.45, 2.75) is 59.1 Å². The topological polar surface area (TPSA) is 86.3 Å². The number of aromatic nitrogens is 4. The van der Waals surface area contributed by atoms with Crippen LogP contribution >= 0.6 is 0 Å². The van der Waals surface area contributed by atoms with Crippen LogP contribution in [0.2, 0.25) is 0 Å². The first-order chi connectivity index (χ1) is 13.5. The molecule has 1 aromatic carbocycles. The Labute approximate surface area is 169 Å². The van der Waals surface area contributed by atoms with Crippen LogP contribution < -0.4 is 4.90 Å². The number of fused-ring (bicyclic) bond motifs is 3. The summed E-state index contributed by atoms with van der Waals surface area (Å²) in [5, 5.41) is 4.12. The highest BCUT2D eigenvalue weighted by Crippen LogP contribution is 2.36. The minimum Gasteiger partial charge on any atom is -0.443 e. The first-order valence-electron chi connectivity index (χ1n) is 9.55. The van der Waals surface area contributed by atoms with Gasteiger partial charge in [0.1, 0.15) is 17.6 Å². The first kappa shape index (κ1) is 19.2. The van der Waals surface area contributed by atoms with Gasteiger partial charge in [-0.25, -0.2) is 9.78 Å². The van der Waals surface area contributed by atoms with Crippen LogP contribution in [0.5, 0.6) is 0 Å². The molecule has 3 aromatic rings. The Morgan fingerprint density at radius 3 is 2.41 bits per heavy atom. The molecule has 4 rings (SSSR count). The molecule has 0 aliphatic carbocycles. The van der Waals surface area contributed by atoms with Gasteiger partial charge in [-0.05, 0) is 32.9 Å². The molecule has 3 heterocycles. The second-order valence-corrected chi connectivity index (χ2v) is 9.14. The lowest BCUT2D eigenvalue weighted by Gasteiger charge is -2.32. The van der Waals surface area contributed by atoms with Crippen LogP contribution in [0.25, 0.3) is 17.2 Å². The van der Waals surface area contributed by atoms with Crippen molar-refractivity contribution in [2.24, 2.45) is 0 Å². The van der Waals surface area contributed by atoms with Gasteiger partial charge >= 0.3 is 6.09 Å². The monoisotopic (exact) mass is 395 g/mol. The van der Waals surface area contributed by atoms with Gasteiger partial charge in [-0.2, -0.15) is 4.98 Å². The molecule has 152 valence electrons. The number of hydrogen-bond acceptors (Lipinski definition) is 6. The van der Waals surface area contributed by atoms with E-state index in [0.717, 1.165) is 17.1 Å². The zero-order chi connectivity index (χ0) is 21.0. The summed E-state index contributed by atoms with van der Waals surface area (Å²) in [6.07, 6.45) is 1.31. The van der Waals surface area contributed by atoms with Crippen LogP contribution in [0.1, 0.15) is 53.1 Å². The highest BCUT2D eigenvalue weighted by Gasteiger charge is 2.33. The molecule has 1 amide bonds. The van der Waals surface area contributed by atoms with Gasteiger partial charge in [0.25, 0.3) is 0 Å². The third-order valence-corrected chi connectivity index (χ3v) is 4.50. The van der Waals surface area contributed by atoms with Crippen LogP contribution in [-0.2, 0) is 16.7 Å². The molecule has 29 heavy (non-hydrogen) atoms. The van der Waals surface area contributed by atoms with Gasteiger partial charge in [-0.3, -0.25) is 9.47 Å². The molecule has 0 saturated heterocycles. The highest BCUT2D eigenvalue weighted by atomic mass is 16.6. The van der Waals surface area contributed by atoms with Crippen molar-refractivity contribution < 1.29 is 14.1 Å². The Hall–Kier alpha value is -3.16. The maximum Gasteiger partial charge on any atom is 0.415 e. The molecule has 8 nitrogen and oxygen atoms in total. The Kier molecular flexibility index (Phi) is 4.25. The van der Waals surface area contributed by atoms with Crippen LogP contribution in [0.15, 0.2) is 35.1 Å². The van der Waals surface area contributed by atoms with Crippen LogP contribution in [0.4, 0.5) is 10.5 Å². The van der Waals surface area contributed by atoms with Crippen molar-refractivity contribution in [3.05, 3.63) is 42.2 Å². The third kappa shape index (κ3) is 3.50. The van der Waals surface area contributed by atoms with E-state index in [2.05, 4.69) is 15.1 Å². The molecule has 0 spiro atoms. The van der Waals surface area contributed by atoms with Crippen molar-refractivity contribution in [3.63, 3.8) is 0 Å². The summed E-state index contributed by atoms with van der Waals surface area (Å²) in [7, 11) is 0. The standard InChI is InChI=1S/C21H25N5O3/c1-20(2,3)18-23-17(24-29-18)16-15-11-25(19(27)28-21(4,5)6)13-9-7-8-10-14(13)26(15)12-22-16/h7-10,12H,11H2,1-6H3. The van der Waals surface area contributed by atoms with Crippen molar-refractivity contribution in [3.8, 4) is 17.2 Å². The molecule has 0 bridgehead atoms. The zero-order valence-electron chi connectivity index (χ0n) is 17.6. The summed E-state index contributed by atoms with van der Waals surface area (Å²) < 4.78 is 13.0. The van der Waals surface area contributed by atoms with Crippen molar-refractivity contribution in [2.75, 3.05) is 4.90 Å². The Balaban J connectivity index is 1.78. The number of hydrogen-bond donors (Lipinski definition) is 0. The Morgan fingerprint density at radius 1 is 1.10 bits per heavy atom. The predicted octanol–water partition coefficient (Wildman–Crippen LogP) is 4.47. The smallest absolute Gasteiger partial charge is 0.415 e. The number of benzene rings is 1. The molecule has 0 radical (unpaired) electrons. The SMILES string of the molecule is CC(C)(C)OC(=O)N1Cc2c(-c3noc(C(C)(C)C)n3)ncn2-c2ccccc21. The van der Waals surface area contributed by atoms with Gasteiger partial charge in [0, 0.05) is 5.41 Å². The second kappa shape index (κ2) is 6.43. The maximum atomic E-state index is 12.9. The molecule has 1 aliphatic heterocycles. The summed E-state index contributed by atoms with van der Waals surface area (Å²) in [4.78, 5) is 23.6. The van der Waals surface area contributed by atoms with E-state index in [9.17, 15) is 4.79 Å². The van der Waals surface area contributed by atoms with Gasteiger partial charge in [-0.15, -0.1) is 0 Å². The third-order valence-electron chi connectivity index (χ3n) is 4.50. The van der Waals surface area contributed by atoms with E-state index in [-0.39, 0.29) is 5.41 Å². The summed E-state index contributed by atoms with van der Waals surface area (Å²) in [6.45, 7) is 11.9. The lowest BCUT2D eigenvalue weighted by atomic mass is 9.97. The fourth-order valence-corrected chi connectivity index (χ4v) is 3.15. The summed E-state index contributed by atoms with van der Waals surface area (Å²) in [5.74, 6) is 0.946. The van der Waals surface area contributed by atoms with E-state index < -0.39 is 11.7 Å². The number of rotatable bonds is 1. The van der Waals surface area contributed by atoms with Crippen molar-refractivity contribution >= 4 is 11.8 Å². The molecular weight excluding hydrogens is 370 g/mol. The van der Waals surface area contributed by atoms with Gasteiger partial charge in [0.15, 0.2) is 0 Å². The average molecular weight is 395 g/mol. The molecule has 1 aliphatic rings. The Bertz CT molecular complexity index is 1070. The summed E-state index contributed by atoms with van der Waals surface area (Å²) in [5.41, 5.74) is 2.14. The van der Waals surface area contributed by atoms with Crippen molar-refractivity contribution in [1.82, 2.24) is 19.7 Å². The number of anilines is 1.